The van der Waals surface area contributed by atoms with Gasteiger partial charge in [-0.1, -0.05) is 6.07 Å². The lowest BCUT2D eigenvalue weighted by Crippen LogP contribution is -2.30. The van der Waals surface area contributed by atoms with Crippen molar-refractivity contribution in [2.75, 3.05) is 13.7 Å². The van der Waals surface area contributed by atoms with Gasteiger partial charge in [-0.15, -0.1) is 0 Å². The van der Waals surface area contributed by atoms with Crippen molar-refractivity contribution in [3.05, 3.63) is 53.0 Å². The highest BCUT2D eigenvalue weighted by Gasteiger charge is 2.17. The van der Waals surface area contributed by atoms with Gasteiger partial charge in [0, 0.05) is 0 Å². The van der Waals surface area contributed by atoms with Crippen LogP contribution in [0.3, 0.4) is 0 Å². The third kappa shape index (κ3) is 4.93. The first-order valence-corrected chi connectivity index (χ1v) is 9.11. The fourth-order valence-corrected chi connectivity index (χ4v) is 3.04. The monoisotopic (exact) mass is 381 g/mol. The number of nitrogens with one attached hydrogen (secondary N) is 1. The molecule has 0 bridgehead atoms. The number of aryl methyl sites for hydroxylation is 2. The van der Waals surface area contributed by atoms with Gasteiger partial charge in [0.15, 0.2) is 0 Å². The second-order valence-corrected chi connectivity index (χ2v) is 7.26. The molecule has 1 heterocycles. The van der Waals surface area contributed by atoms with E-state index in [9.17, 15) is 18.0 Å². The number of carbonyl (C=O) groups is 2. The fraction of sp³-hybridized carbons (Fsp3) is 0.294. The topological polar surface area (TPSA) is 112 Å². The predicted molar refractivity (Wildman–Crippen MR) is 90.9 cm³/mol. The zero-order valence-corrected chi connectivity index (χ0v) is 15.4. The molecule has 0 fully saturated rings. The molecular formula is C17H19NO7S. The first-order chi connectivity index (χ1) is 12.2. The largest absolute Gasteiger partial charge is 0.463 e. The number of benzene rings is 1. The highest BCUT2D eigenvalue weighted by molar-refractivity contribution is 7.89. The molecule has 8 nitrogen and oxygen atoms in total. The summed E-state index contributed by atoms with van der Waals surface area (Å²) >= 11 is 0. The molecule has 1 aromatic heterocycles. The number of carbonyl (C=O) groups excluding carboxylic acids is 2. The summed E-state index contributed by atoms with van der Waals surface area (Å²) in [5.41, 5.74) is 1.79. The van der Waals surface area contributed by atoms with Crippen molar-refractivity contribution in [2.45, 2.75) is 25.3 Å². The zero-order chi connectivity index (χ0) is 19.3. The van der Waals surface area contributed by atoms with E-state index in [0.29, 0.717) is 0 Å². The Balaban J connectivity index is 1.88. The molecule has 0 amide bonds. The molecule has 0 unspecified atom stereocenters. The van der Waals surface area contributed by atoms with E-state index in [1.807, 2.05) is 6.92 Å². The Kier molecular flexibility index (Phi) is 6.17. The minimum atomic E-state index is -3.82. The number of esters is 2. The molecule has 2 rings (SSSR count). The second-order valence-electron chi connectivity index (χ2n) is 5.49. The lowest BCUT2D eigenvalue weighted by atomic mass is 10.1. The van der Waals surface area contributed by atoms with Crippen molar-refractivity contribution in [3.63, 3.8) is 0 Å². The van der Waals surface area contributed by atoms with E-state index in [-0.39, 0.29) is 23.0 Å². The summed E-state index contributed by atoms with van der Waals surface area (Å²) in [5.74, 6) is -1.22. The van der Waals surface area contributed by atoms with Crippen LogP contribution < -0.4 is 4.72 Å². The van der Waals surface area contributed by atoms with Gasteiger partial charge in [-0.05, 0) is 49.2 Å². The second kappa shape index (κ2) is 8.15. The van der Waals surface area contributed by atoms with E-state index in [0.717, 1.165) is 11.1 Å². The van der Waals surface area contributed by atoms with E-state index < -0.39 is 28.5 Å². The maximum Gasteiger partial charge on any atom is 0.373 e. The lowest BCUT2D eigenvalue weighted by molar-refractivity contribution is -0.144. The number of rotatable bonds is 7. The number of sulfonamides is 1. The van der Waals surface area contributed by atoms with Gasteiger partial charge in [-0.25, -0.2) is 13.2 Å². The van der Waals surface area contributed by atoms with Crippen molar-refractivity contribution < 1.29 is 31.9 Å². The molecule has 2 aromatic rings. The highest BCUT2D eigenvalue weighted by atomic mass is 32.2. The number of hydrogen-bond acceptors (Lipinski definition) is 7. The van der Waals surface area contributed by atoms with Crippen LogP contribution in [0.4, 0.5) is 0 Å². The molecule has 0 aliphatic heterocycles. The summed E-state index contributed by atoms with van der Waals surface area (Å²) in [6.07, 6.45) is 0. The van der Waals surface area contributed by atoms with Gasteiger partial charge in [0.1, 0.15) is 18.9 Å². The molecule has 0 spiro atoms. The molecule has 140 valence electrons. The average Bonchev–Trinajstić information content (AvgIpc) is 3.08. The zero-order valence-electron chi connectivity index (χ0n) is 14.6. The van der Waals surface area contributed by atoms with Gasteiger partial charge in [0.2, 0.25) is 15.8 Å². The van der Waals surface area contributed by atoms with Gasteiger partial charge in [0.05, 0.1) is 12.0 Å². The third-order valence-electron chi connectivity index (χ3n) is 3.62. The molecule has 26 heavy (non-hydrogen) atoms. The quantitative estimate of drug-likeness (QED) is 0.727. The Bertz CT molecular complexity index is 915. The van der Waals surface area contributed by atoms with Crippen molar-refractivity contribution in [1.29, 1.82) is 0 Å². The summed E-state index contributed by atoms with van der Waals surface area (Å²) < 4.78 is 41.1. The average molecular weight is 381 g/mol. The van der Waals surface area contributed by atoms with E-state index >= 15 is 0 Å². The Labute approximate surface area is 151 Å². The number of ether oxygens (including phenoxy) is 2. The first kappa shape index (κ1) is 19.7. The summed E-state index contributed by atoms with van der Waals surface area (Å²) in [4.78, 5) is 23.1. The van der Waals surface area contributed by atoms with E-state index in [4.69, 9.17) is 9.15 Å². The summed E-state index contributed by atoms with van der Waals surface area (Å²) in [6, 6.07) is 7.53. The Morgan fingerprint density at radius 2 is 1.85 bits per heavy atom. The van der Waals surface area contributed by atoms with Crippen LogP contribution in [0.2, 0.25) is 0 Å². The van der Waals surface area contributed by atoms with Crippen LogP contribution in [0, 0.1) is 13.8 Å². The normalized spacial score (nSPS) is 11.2. The smallest absolute Gasteiger partial charge is 0.373 e. The van der Waals surface area contributed by atoms with Crippen molar-refractivity contribution in [2.24, 2.45) is 0 Å². The molecule has 0 radical (unpaired) electrons. The van der Waals surface area contributed by atoms with E-state index in [1.54, 1.807) is 13.0 Å². The number of furan rings is 1. The van der Waals surface area contributed by atoms with Crippen LogP contribution >= 0.6 is 0 Å². The first-order valence-electron chi connectivity index (χ1n) is 7.62. The van der Waals surface area contributed by atoms with Crippen molar-refractivity contribution >= 4 is 22.0 Å². The standard InChI is InChI=1S/C17H19NO7S/c1-11-4-6-14(8-12(11)2)26(21,22)18-9-16(19)24-10-13-5-7-15(25-13)17(20)23-3/h4-8,18H,9-10H2,1-3H3. The molecule has 1 aromatic carbocycles. The Morgan fingerprint density at radius 1 is 1.12 bits per heavy atom. The predicted octanol–water partition coefficient (Wildman–Crippen LogP) is 1.70. The molecule has 0 aliphatic rings. The lowest BCUT2D eigenvalue weighted by Gasteiger charge is -2.08. The Hall–Kier alpha value is -2.65. The fourth-order valence-electron chi connectivity index (χ4n) is 1.99. The van der Waals surface area contributed by atoms with Gasteiger partial charge in [0.25, 0.3) is 0 Å². The minimum Gasteiger partial charge on any atom is -0.463 e. The van der Waals surface area contributed by atoms with Crippen LogP contribution in [0.15, 0.2) is 39.6 Å². The van der Waals surface area contributed by atoms with Crippen LogP contribution in [0.25, 0.3) is 0 Å². The van der Waals surface area contributed by atoms with Crippen molar-refractivity contribution in [3.8, 4) is 0 Å². The minimum absolute atomic E-state index is 0.0195. The van der Waals surface area contributed by atoms with Gasteiger partial charge in [-0.2, -0.15) is 4.72 Å². The molecule has 1 N–H and O–H groups in total. The molecular weight excluding hydrogens is 362 g/mol. The number of methoxy groups -OCH3 is 1. The van der Waals surface area contributed by atoms with E-state index in [1.165, 1.54) is 31.4 Å². The van der Waals surface area contributed by atoms with Crippen LogP contribution in [-0.2, 0) is 30.9 Å². The SMILES string of the molecule is COC(=O)c1ccc(COC(=O)CNS(=O)(=O)c2ccc(C)c(C)c2)o1. The summed E-state index contributed by atoms with van der Waals surface area (Å²) in [7, 11) is -2.61. The molecule has 0 atom stereocenters. The third-order valence-corrected chi connectivity index (χ3v) is 5.02. The maximum atomic E-state index is 12.2. The van der Waals surface area contributed by atoms with Crippen LogP contribution in [0.1, 0.15) is 27.4 Å². The van der Waals surface area contributed by atoms with Crippen molar-refractivity contribution in [1.82, 2.24) is 4.72 Å². The Morgan fingerprint density at radius 3 is 2.50 bits per heavy atom. The molecule has 9 heteroatoms. The van der Waals surface area contributed by atoms with E-state index in [2.05, 4.69) is 9.46 Å². The summed E-state index contributed by atoms with van der Waals surface area (Å²) in [5, 5.41) is 0. The molecule has 0 saturated heterocycles. The van der Waals surface area contributed by atoms with Crippen LogP contribution in [0.5, 0.6) is 0 Å². The van der Waals surface area contributed by atoms with Gasteiger partial charge < -0.3 is 13.9 Å². The number of hydrogen-bond donors (Lipinski definition) is 1. The maximum absolute atomic E-state index is 12.2. The highest BCUT2D eigenvalue weighted by Crippen LogP contribution is 2.14. The van der Waals surface area contributed by atoms with Crippen LogP contribution in [-0.4, -0.2) is 34.0 Å². The van der Waals surface area contributed by atoms with Gasteiger partial charge in [-0.3, -0.25) is 4.79 Å². The molecule has 0 aliphatic carbocycles. The van der Waals surface area contributed by atoms with Gasteiger partial charge >= 0.3 is 11.9 Å². The summed E-state index contributed by atoms with van der Waals surface area (Å²) in [6.45, 7) is 2.91. The molecule has 0 saturated carbocycles.